The van der Waals surface area contributed by atoms with Gasteiger partial charge < -0.3 is 10.2 Å². The van der Waals surface area contributed by atoms with Crippen LogP contribution >= 0.6 is 12.4 Å². The summed E-state index contributed by atoms with van der Waals surface area (Å²) in [6.45, 7) is 12.1. The van der Waals surface area contributed by atoms with Crippen molar-refractivity contribution in [1.29, 1.82) is 0 Å². The Morgan fingerprint density at radius 3 is 2.38 bits per heavy atom. The molecule has 1 heterocycles. The summed E-state index contributed by atoms with van der Waals surface area (Å²) in [6.07, 6.45) is 1.99. The fourth-order valence-electron chi connectivity index (χ4n) is 1.32. The second-order valence-corrected chi connectivity index (χ2v) is 10.7. The van der Waals surface area contributed by atoms with Crippen molar-refractivity contribution < 1.29 is 4.43 Å². The van der Waals surface area contributed by atoms with Gasteiger partial charge in [0, 0.05) is 6.42 Å². The van der Waals surface area contributed by atoms with Crippen molar-refractivity contribution in [2.75, 3.05) is 6.61 Å². The molecular formula is C11H25ClN2OSi. The minimum Gasteiger partial charge on any atom is -0.415 e. The first-order valence-electron chi connectivity index (χ1n) is 5.68. The van der Waals surface area contributed by atoms with E-state index >= 15 is 0 Å². The van der Waals surface area contributed by atoms with E-state index in [0.717, 1.165) is 25.3 Å². The van der Waals surface area contributed by atoms with Gasteiger partial charge in [0.1, 0.15) is 0 Å². The maximum Gasteiger partial charge on any atom is 0.192 e. The number of aliphatic imine (C=N–C) groups is 1. The van der Waals surface area contributed by atoms with Crippen LogP contribution in [0.1, 0.15) is 33.6 Å². The van der Waals surface area contributed by atoms with Crippen LogP contribution in [0.3, 0.4) is 0 Å². The Morgan fingerprint density at radius 2 is 2.00 bits per heavy atom. The molecule has 5 heteroatoms. The lowest BCUT2D eigenvalue weighted by Crippen LogP contribution is -2.42. The zero-order valence-electron chi connectivity index (χ0n) is 11.0. The van der Waals surface area contributed by atoms with Gasteiger partial charge in [0.05, 0.1) is 18.5 Å². The van der Waals surface area contributed by atoms with E-state index in [4.69, 9.17) is 10.2 Å². The first-order valence-corrected chi connectivity index (χ1v) is 8.59. The van der Waals surface area contributed by atoms with Crippen LogP contribution in [0.15, 0.2) is 4.99 Å². The molecule has 16 heavy (non-hydrogen) atoms. The first kappa shape index (κ1) is 15.9. The molecule has 2 N–H and O–H groups in total. The van der Waals surface area contributed by atoms with E-state index in [-0.39, 0.29) is 17.4 Å². The van der Waals surface area contributed by atoms with E-state index in [0.29, 0.717) is 6.04 Å². The summed E-state index contributed by atoms with van der Waals surface area (Å²) in [7, 11) is -1.60. The van der Waals surface area contributed by atoms with Crippen LogP contribution in [0.5, 0.6) is 0 Å². The zero-order chi connectivity index (χ0) is 11.7. The summed E-state index contributed by atoms with van der Waals surface area (Å²) in [6, 6.07) is 0.305. The lowest BCUT2D eigenvalue weighted by Gasteiger charge is -2.36. The molecule has 0 unspecified atom stereocenters. The molecule has 1 rings (SSSR count). The Labute approximate surface area is 106 Å². The van der Waals surface area contributed by atoms with Gasteiger partial charge in [-0.1, -0.05) is 20.8 Å². The molecule has 3 nitrogen and oxygen atoms in total. The molecule has 0 saturated carbocycles. The standard InChI is InChI=1S/C11H24N2OSi.ClH/c1-11(2,3)15(4,5)14-8-9-6-7-10(12)13-9;/h9H,6-8H2,1-5H3,(H2,12,13);1H/t9-;/m0./s1. The summed E-state index contributed by atoms with van der Waals surface area (Å²) in [4.78, 5) is 4.37. The van der Waals surface area contributed by atoms with Crippen LogP contribution in [0.2, 0.25) is 18.1 Å². The molecule has 96 valence electrons. The summed E-state index contributed by atoms with van der Waals surface area (Å²) < 4.78 is 6.10. The predicted molar refractivity (Wildman–Crippen MR) is 75.0 cm³/mol. The molecule has 0 aromatic rings. The van der Waals surface area contributed by atoms with Gasteiger partial charge in [-0.25, -0.2) is 0 Å². The number of hydrogen-bond donors (Lipinski definition) is 1. The average Bonchev–Trinajstić information content (AvgIpc) is 2.46. The van der Waals surface area contributed by atoms with Gasteiger partial charge in [0.2, 0.25) is 0 Å². The van der Waals surface area contributed by atoms with Gasteiger partial charge in [-0.2, -0.15) is 0 Å². The van der Waals surface area contributed by atoms with Crippen LogP contribution in [0, 0.1) is 0 Å². The van der Waals surface area contributed by atoms with Crippen molar-refractivity contribution in [3.05, 3.63) is 0 Å². The zero-order valence-corrected chi connectivity index (χ0v) is 12.9. The van der Waals surface area contributed by atoms with Crippen molar-refractivity contribution in [3.8, 4) is 0 Å². The molecule has 0 amide bonds. The smallest absolute Gasteiger partial charge is 0.192 e. The van der Waals surface area contributed by atoms with E-state index < -0.39 is 8.32 Å². The van der Waals surface area contributed by atoms with Crippen molar-refractivity contribution in [2.45, 2.75) is 57.8 Å². The lowest BCUT2D eigenvalue weighted by molar-refractivity contribution is 0.263. The third-order valence-corrected chi connectivity index (χ3v) is 8.03. The van der Waals surface area contributed by atoms with Gasteiger partial charge in [0.15, 0.2) is 8.32 Å². The maximum absolute atomic E-state index is 6.10. The SMILES string of the molecule is CC(C)(C)[Si](C)(C)OC[C@@H]1CCC(N)=N1.Cl. The molecule has 1 aliphatic heterocycles. The largest absolute Gasteiger partial charge is 0.415 e. The summed E-state index contributed by atoms with van der Waals surface area (Å²) in [5.41, 5.74) is 5.66. The highest BCUT2D eigenvalue weighted by molar-refractivity contribution is 6.74. The van der Waals surface area contributed by atoms with Crippen LogP contribution in [-0.2, 0) is 4.43 Å². The lowest BCUT2D eigenvalue weighted by atomic mass is 10.2. The predicted octanol–water partition coefficient (Wildman–Crippen LogP) is 2.95. The molecule has 0 saturated heterocycles. The first-order chi connectivity index (χ1) is 6.72. The fourth-order valence-corrected chi connectivity index (χ4v) is 2.36. The average molecular weight is 265 g/mol. The number of amidine groups is 1. The number of nitrogens with two attached hydrogens (primary N) is 1. The van der Waals surface area contributed by atoms with E-state index in [9.17, 15) is 0 Å². The number of nitrogens with zero attached hydrogens (tertiary/aromatic N) is 1. The third-order valence-electron chi connectivity index (χ3n) is 3.52. The summed E-state index contributed by atoms with van der Waals surface area (Å²) >= 11 is 0. The van der Waals surface area contributed by atoms with E-state index in [2.05, 4.69) is 38.9 Å². The van der Waals surface area contributed by atoms with Gasteiger partial charge in [-0.15, -0.1) is 12.4 Å². The second kappa shape index (κ2) is 5.51. The Hall–Kier alpha value is -0.0631. The Morgan fingerprint density at radius 1 is 1.44 bits per heavy atom. The van der Waals surface area contributed by atoms with E-state index in [1.807, 2.05) is 0 Å². The Balaban J connectivity index is 0.00000225. The van der Waals surface area contributed by atoms with E-state index in [1.165, 1.54) is 0 Å². The molecular weight excluding hydrogens is 240 g/mol. The molecule has 0 radical (unpaired) electrons. The number of rotatable bonds is 3. The van der Waals surface area contributed by atoms with Crippen LogP contribution in [-0.4, -0.2) is 26.8 Å². The number of halogens is 1. The molecule has 0 bridgehead atoms. The molecule has 1 atom stereocenters. The highest BCUT2D eigenvalue weighted by Crippen LogP contribution is 2.36. The van der Waals surface area contributed by atoms with E-state index in [1.54, 1.807) is 0 Å². The van der Waals surface area contributed by atoms with Crippen molar-refractivity contribution in [2.24, 2.45) is 10.7 Å². The van der Waals surface area contributed by atoms with Crippen molar-refractivity contribution >= 4 is 26.6 Å². The summed E-state index contributed by atoms with van der Waals surface area (Å²) in [5, 5.41) is 0.279. The molecule has 1 aliphatic rings. The Bertz CT molecular complexity index is 261. The minimum atomic E-state index is -1.60. The second-order valence-electron chi connectivity index (χ2n) is 5.88. The highest BCUT2D eigenvalue weighted by Gasteiger charge is 2.37. The fraction of sp³-hybridized carbons (Fsp3) is 0.909. The minimum absolute atomic E-state index is 0. The molecule has 0 aliphatic carbocycles. The van der Waals surface area contributed by atoms with Gasteiger partial charge in [-0.3, -0.25) is 4.99 Å². The number of hydrogen-bond acceptors (Lipinski definition) is 3. The maximum atomic E-state index is 6.10. The highest BCUT2D eigenvalue weighted by atomic mass is 35.5. The van der Waals surface area contributed by atoms with Gasteiger partial charge in [-0.05, 0) is 24.6 Å². The van der Waals surface area contributed by atoms with Crippen LogP contribution in [0.4, 0.5) is 0 Å². The van der Waals surface area contributed by atoms with Crippen molar-refractivity contribution in [1.82, 2.24) is 0 Å². The third kappa shape index (κ3) is 4.07. The molecule has 0 spiro atoms. The monoisotopic (exact) mass is 264 g/mol. The van der Waals surface area contributed by atoms with Crippen LogP contribution in [0.25, 0.3) is 0 Å². The molecule has 0 fully saturated rings. The topological polar surface area (TPSA) is 47.6 Å². The summed E-state index contributed by atoms with van der Waals surface area (Å²) in [5.74, 6) is 0.791. The van der Waals surface area contributed by atoms with Crippen molar-refractivity contribution in [3.63, 3.8) is 0 Å². The van der Waals surface area contributed by atoms with Gasteiger partial charge in [0.25, 0.3) is 0 Å². The Kier molecular flexibility index (Phi) is 5.49. The van der Waals surface area contributed by atoms with Gasteiger partial charge >= 0.3 is 0 Å². The normalized spacial score (nSPS) is 21.6. The molecule has 0 aromatic carbocycles. The molecule has 0 aromatic heterocycles. The van der Waals surface area contributed by atoms with Crippen LogP contribution < -0.4 is 5.73 Å². The quantitative estimate of drug-likeness (QED) is 0.797.